The van der Waals surface area contributed by atoms with Crippen molar-refractivity contribution in [3.63, 3.8) is 0 Å². The van der Waals surface area contributed by atoms with Crippen molar-refractivity contribution in [2.45, 2.75) is 24.9 Å². The van der Waals surface area contributed by atoms with Gasteiger partial charge >= 0.3 is 0 Å². The Morgan fingerprint density at radius 3 is 2.56 bits per heavy atom. The van der Waals surface area contributed by atoms with Crippen molar-refractivity contribution in [3.05, 3.63) is 0 Å². The van der Waals surface area contributed by atoms with Crippen molar-refractivity contribution in [2.24, 2.45) is 5.73 Å². The Morgan fingerprint density at radius 1 is 1.67 bits per heavy atom. The molecule has 1 unspecified atom stereocenters. The number of ether oxygens (including phenoxy) is 1. The zero-order valence-corrected chi connectivity index (χ0v) is 5.03. The first kappa shape index (κ1) is 6.95. The van der Waals surface area contributed by atoms with Crippen LogP contribution in [0.15, 0.2) is 0 Å². The Morgan fingerprint density at radius 2 is 2.33 bits per heavy atom. The molecular weight excluding hydrogens is 122 g/mol. The SMILES string of the molecule is N[C@H]1CC(O)[C@@H](CO)O1. The lowest BCUT2D eigenvalue weighted by atomic mass is 10.2. The molecule has 0 bridgehead atoms. The van der Waals surface area contributed by atoms with Gasteiger partial charge in [0.15, 0.2) is 0 Å². The van der Waals surface area contributed by atoms with Crippen LogP contribution >= 0.6 is 0 Å². The number of nitrogens with two attached hydrogens (primary N) is 1. The van der Waals surface area contributed by atoms with E-state index in [2.05, 4.69) is 0 Å². The molecule has 0 amide bonds. The number of hydrogen-bond acceptors (Lipinski definition) is 4. The monoisotopic (exact) mass is 133 g/mol. The van der Waals surface area contributed by atoms with Crippen LogP contribution < -0.4 is 5.73 Å². The van der Waals surface area contributed by atoms with E-state index in [1.165, 1.54) is 0 Å². The van der Waals surface area contributed by atoms with E-state index in [-0.39, 0.29) is 6.61 Å². The molecule has 4 N–H and O–H groups in total. The number of rotatable bonds is 1. The Kier molecular flexibility index (Phi) is 2.02. The van der Waals surface area contributed by atoms with E-state index in [0.29, 0.717) is 6.42 Å². The summed E-state index contributed by atoms with van der Waals surface area (Å²) in [5.41, 5.74) is 5.30. The molecule has 4 nitrogen and oxygen atoms in total. The van der Waals surface area contributed by atoms with Crippen LogP contribution in [0.3, 0.4) is 0 Å². The number of hydrogen-bond donors (Lipinski definition) is 3. The predicted molar refractivity (Wildman–Crippen MR) is 30.6 cm³/mol. The summed E-state index contributed by atoms with van der Waals surface area (Å²) in [6.45, 7) is -0.158. The summed E-state index contributed by atoms with van der Waals surface area (Å²) in [4.78, 5) is 0. The largest absolute Gasteiger partial charge is 0.394 e. The summed E-state index contributed by atoms with van der Waals surface area (Å²) >= 11 is 0. The second kappa shape index (κ2) is 2.62. The van der Waals surface area contributed by atoms with Crippen molar-refractivity contribution >= 4 is 0 Å². The van der Waals surface area contributed by atoms with Crippen molar-refractivity contribution in [1.82, 2.24) is 0 Å². The zero-order valence-electron chi connectivity index (χ0n) is 5.03. The van der Waals surface area contributed by atoms with Crippen LogP contribution in [0, 0.1) is 0 Å². The zero-order chi connectivity index (χ0) is 6.85. The van der Waals surface area contributed by atoms with Crippen molar-refractivity contribution < 1.29 is 14.9 Å². The maximum atomic E-state index is 8.99. The summed E-state index contributed by atoms with van der Waals surface area (Å²) in [7, 11) is 0. The van der Waals surface area contributed by atoms with E-state index in [0.717, 1.165) is 0 Å². The second-order valence-corrected chi connectivity index (χ2v) is 2.20. The van der Waals surface area contributed by atoms with E-state index < -0.39 is 18.4 Å². The van der Waals surface area contributed by atoms with Gasteiger partial charge in [0.1, 0.15) is 12.3 Å². The van der Waals surface area contributed by atoms with Gasteiger partial charge in [-0.3, -0.25) is 0 Å². The first-order chi connectivity index (χ1) is 4.24. The Balaban J connectivity index is 2.38. The molecule has 0 spiro atoms. The van der Waals surface area contributed by atoms with E-state index in [1.54, 1.807) is 0 Å². The third-order valence-electron chi connectivity index (χ3n) is 1.43. The smallest absolute Gasteiger partial charge is 0.109 e. The lowest BCUT2D eigenvalue weighted by molar-refractivity contribution is -0.0200. The van der Waals surface area contributed by atoms with Gasteiger partial charge in [-0.05, 0) is 0 Å². The average molecular weight is 133 g/mol. The highest BCUT2D eigenvalue weighted by atomic mass is 16.5. The summed E-state index contributed by atoms with van der Waals surface area (Å²) in [5.74, 6) is 0. The molecule has 0 saturated carbocycles. The molecule has 54 valence electrons. The highest BCUT2D eigenvalue weighted by Crippen LogP contribution is 2.15. The minimum absolute atomic E-state index is 0.158. The van der Waals surface area contributed by atoms with Crippen LogP contribution in [0.5, 0.6) is 0 Å². The fourth-order valence-corrected chi connectivity index (χ4v) is 0.925. The normalized spacial score (nSPS) is 43.7. The molecule has 3 atom stereocenters. The van der Waals surface area contributed by atoms with E-state index in [1.807, 2.05) is 0 Å². The van der Waals surface area contributed by atoms with Gasteiger partial charge in [0.2, 0.25) is 0 Å². The topological polar surface area (TPSA) is 75.7 Å². The number of aliphatic hydroxyl groups excluding tert-OH is 2. The molecule has 0 aliphatic carbocycles. The van der Waals surface area contributed by atoms with Crippen LogP contribution in [0.1, 0.15) is 6.42 Å². The first-order valence-corrected chi connectivity index (χ1v) is 2.94. The van der Waals surface area contributed by atoms with E-state index in [9.17, 15) is 0 Å². The highest BCUT2D eigenvalue weighted by Gasteiger charge is 2.30. The average Bonchev–Trinajstić information content (AvgIpc) is 2.10. The van der Waals surface area contributed by atoms with Crippen molar-refractivity contribution in [3.8, 4) is 0 Å². The van der Waals surface area contributed by atoms with Crippen LogP contribution in [0.25, 0.3) is 0 Å². The molecule has 1 rings (SSSR count). The molecule has 4 heteroatoms. The fraction of sp³-hybridized carbons (Fsp3) is 1.00. The summed E-state index contributed by atoms with van der Waals surface area (Å²) in [5, 5.41) is 17.5. The molecule has 0 aromatic heterocycles. The maximum Gasteiger partial charge on any atom is 0.109 e. The van der Waals surface area contributed by atoms with Gasteiger partial charge in [0, 0.05) is 6.42 Å². The molecule has 0 aromatic carbocycles. The Bertz CT molecular complexity index is 98.2. The highest BCUT2D eigenvalue weighted by molar-refractivity contribution is 4.77. The van der Waals surface area contributed by atoms with E-state index in [4.69, 9.17) is 20.7 Å². The van der Waals surface area contributed by atoms with Gasteiger partial charge in [-0.1, -0.05) is 0 Å². The third kappa shape index (κ3) is 1.40. The van der Waals surface area contributed by atoms with Gasteiger partial charge in [-0.15, -0.1) is 0 Å². The second-order valence-electron chi connectivity index (χ2n) is 2.20. The molecule has 0 radical (unpaired) electrons. The summed E-state index contributed by atoms with van der Waals surface area (Å²) in [6, 6.07) is 0. The molecule has 1 heterocycles. The molecule has 1 fully saturated rings. The van der Waals surface area contributed by atoms with Gasteiger partial charge in [0.25, 0.3) is 0 Å². The Hall–Kier alpha value is -0.160. The quantitative estimate of drug-likeness (QED) is 0.403. The molecule has 9 heavy (non-hydrogen) atoms. The van der Waals surface area contributed by atoms with Gasteiger partial charge < -0.3 is 20.7 Å². The van der Waals surface area contributed by atoms with E-state index >= 15 is 0 Å². The fourth-order valence-electron chi connectivity index (χ4n) is 0.925. The van der Waals surface area contributed by atoms with Gasteiger partial charge in [-0.25, -0.2) is 0 Å². The van der Waals surface area contributed by atoms with Crippen molar-refractivity contribution in [2.75, 3.05) is 6.61 Å². The third-order valence-corrected chi connectivity index (χ3v) is 1.43. The van der Waals surface area contributed by atoms with Crippen LogP contribution in [0.4, 0.5) is 0 Å². The first-order valence-electron chi connectivity index (χ1n) is 2.94. The summed E-state index contributed by atoms with van der Waals surface area (Å²) in [6.07, 6.45) is -1.05. The van der Waals surface area contributed by atoms with Gasteiger partial charge in [0.05, 0.1) is 12.7 Å². The molecule has 1 aliphatic heterocycles. The standard InChI is InChI=1S/C5H11NO3/c6-5-1-3(8)4(2-7)9-5/h3-5,7-8H,1-2,6H2/t3?,4-,5-/m1/s1. The molecule has 1 aliphatic rings. The molecule has 0 aromatic rings. The van der Waals surface area contributed by atoms with Crippen LogP contribution in [-0.4, -0.2) is 35.3 Å². The molecule has 1 saturated heterocycles. The van der Waals surface area contributed by atoms with Crippen LogP contribution in [0.2, 0.25) is 0 Å². The van der Waals surface area contributed by atoms with Crippen molar-refractivity contribution in [1.29, 1.82) is 0 Å². The predicted octanol–water partition coefficient (Wildman–Crippen LogP) is -1.59. The number of aliphatic hydroxyl groups is 2. The minimum atomic E-state index is -0.593. The van der Waals surface area contributed by atoms with Crippen LogP contribution in [-0.2, 0) is 4.74 Å². The molecular formula is C5H11NO3. The Labute approximate surface area is 53.2 Å². The minimum Gasteiger partial charge on any atom is -0.394 e. The summed E-state index contributed by atoms with van der Waals surface area (Å²) < 4.78 is 4.90. The maximum absolute atomic E-state index is 8.99. The van der Waals surface area contributed by atoms with Gasteiger partial charge in [-0.2, -0.15) is 0 Å². The lowest BCUT2D eigenvalue weighted by Crippen LogP contribution is -2.25. The lowest BCUT2D eigenvalue weighted by Gasteiger charge is -2.08.